The second-order valence-electron chi connectivity index (χ2n) is 7.49. The summed E-state index contributed by atoms with van der Waals surface area (Å²) in [5.41, 5.74) is 1.56. The molecule has 29 heavy (non-hydrogen) atoms. The van der Waals surface area contributed by atoms with E-state index in [2.05, 4.69) is 16.0 Å². The maximum Gasteiger partial charge on any atom is 0.408 e. The van der Waals surface area contributed by atoms with Crippen molar-refractivity contribution in [1.82, 2.24) is 5.32 Å². The molecule has 0 heterocycles. The predicted octanol–water partition coefficient (Wildman–Crippen LogP) is 4.68. The van der Waals surface area contributed by atoms with Gasteiger partial charge in [0.05, 0.1) is 18.0 Å². The van der Waals surface area contributed by atoms with Crippen LogP contribution in [0.2, 0.25) is 0 Å². The van der Waals surface area contributed by atoms with Gasteiger partial charge in [-0.3, -0.25) is 4.79 Å². The molecule has 2 amide bonds. The first-order chi connectivity index (χ1) is 13.7. The van der Waals surface area contributed by atoms with E-state index < -0.39 is 17.7 Å². The molecule has 0 fully saturated rings. The van der Waals surface area contributed by atoms with Crippen LogP contribution in [-0.2, 0) is 9.53 Å². The number of ether oxygens (including phenoxy) is 2. The lowest BCUT2D eigenvalue weighted by atomic mass is 10.2. The first kappa shape index (κ1) is 22.1. The van der Waals surface area contributed by atoms with Crippen LogP contribution >= 0.6 is 0 Å². The van der Waals surface area contributed by atoms with Gasteiger partial charge in [-0.15, -0.1) is 0 Å². The third-order valence-electron chi connectivity index (χ3n) is 3.76. The summed E-state index contributed by atoms with van der Waals surface area (Å²) in [7, 11) is 0. The number of nitrogens with one attached hydrogen (secondary N) is 3. The number of rotatable bonds is 7. The predicted molar refractivity (Wildman–Crippen MR) is 115 cm³/mol. The summed E-state index contributed by atoms with van der Waals surface area (Å²) >= 11 is 0. The van der Waals surface area contributed by atoms with Crippen molar-refractivity contribution >= 4 is 29.1 Å². The first-order valence-electron chi connectivity index (χ1n) is 9.57. The van der Waals surface area contributed by atoms with Gasteiger partial charge in [-0.2, -0.15) is 0 Å². The second kappa shape index (κ2) is 9.82. The Kier molecular flexibility index (Phi) is 7.47. The fourth-order valence-electron chi connectivity index (χ4n) is 2.45. The Balaban J connectivity index is 2.02. The maximum atomic E-state index is 12.5. The van der Waals surface area contributed by atoms with Crippen LogP contribution < -0.4 is 20.7 Å². The molecule has 7 heteroatoms. The van der Waals surface area contributed by atoms with Crippen LogP contribution in [0.4, 0.5) is 21.9 Å². The zero-order valence-corrected chi connectivity index (χ0v) is 17.5. The summed E-state index contributed by atoms with van der Waals surface area (Å²) < 4.78 is 10.6. The molecule has 2 aromatic carbocycles. The van der Waals surface area contributed by atoms with Gasteiger partial charge in [-0.25, -0.2) is 4.79 Å². The molecule has 0 aliphatic carbocycles. The summed E-state index contributed by atoms with van der Waals surface area (Å²) in [6.45, 7) is 9.43. The summed E-state index contributed by atoms with van der Waals surface area (Å²) in [5, 5.41) is 8.65. The Morgan fingerprint density at radius 2 is 1.62 bits per heavy atom. The minimum absolute atomic E-state index is 0.350. The lowest BCUT2D eigenvalue weighted by Crippen LogP contribution is -2.44. The number of amides is 2. The molecule has 0 saturated heterocycles. The van der Waals surface area contributed by atoms with E-state index in [0.29, 0.717) is 12.3 Å². The molecule has 1 atom stereocenters. The van der Waals surface area contributed by atoms with Gasteiger partial charge in [-0.05, 0) is 71.0 Å². The van der Waals surface area contributed by atoms with E-state index in [1.54, 1.807) is 33.8 Å². The second-order valence-corrected chi connectivity index (χ2v) is 7.49. The molecule has 0 aliphatic heterocycles. The fourth-order valence-corrected chi connectivity index (χ4v) is 2.45. The van der Waals surface area contributed by atoms with Gasteiger partial charge in [0.2, 0.25) is 5.91 Å². The number of carbonyl (C=O) groups is 2. The zero-order chi connectivity index (χ0) is 21.4. The van der Waals surface area contributed by atoms with Crippen molar-refractivity contribution in [3.05, 3.63) is 48.5 Å². The van der Waals surface area contributed by atoms with Crippen molar-refractivity contribution in [2.24, 2.45) is 0 Å². The molecule has 0 spiro atoms. The van der Waals surface area contributed by atoms with E-state index in [1.165, 1.54) is 0 Å². The average molecular weight is 399 g/mol. The minimum atomic E-state index is -0.761. The molecule has 0 unspecified atom stereocenters. The van der Waals surface area contributed by atoms with E-state index in [0.717, 1.165) is 17.1 Å². The van der Waals surface area contributed by atoms with Crippen LogP contribution in [0.15, 0.2) is 48.5 Å². The lowest BCUT2D eigenvalue weighted by molar-refractivity contribution is -0.117. The Hall–Kier alpha value is -3.22. The number of para-hydroxylation sites is 2. The minimum Gasteiger partial charge on any atom is -0.494 e. The number of hydrogen-bond donors (Lipinski definition) is 3. The Bertz CT molecular complexity index is 829. The number of benzene rings is 2. The topological polar surface area (TPSA) is 88.7 Å². The van der Waals surface area contributed by atoms with E-state index in [-0.39, 0.29) is 5.91 Å². The molecule has 156 valence electrons. The number of hydrogen-bond acceptors (Lipinski definition) is 5. The molecule has 0 bridgehead atoms. The Morgan fingerprint density at radius 3 is 2.21 bits per heavy atom. The number of alkyl carbamates (subject to hydrolysis) is 1. The molecule has 2 rings (SSSR count). The third kappa shape index (κ3) is 7.37. The first-order valence-corrected chi connectivity index (χ1v) is 9.57. The van der Waals surface area contributed by atoms with Crippen molar-refractivity contribution in [3.63, 3.8) is 0 Å². The van der Waals surface area contributed by atoms with Crippen LogP contribution in [0.1, 0.15) is 34.6 Å². The third-order valence-corrected chi connectivity index (χ3v) is 3.76. The quantitative estimate of drug-likeness (QED) is 0.629. The van der Waals surface area contributed by atoms with Gasteiger partial charge >= 0.3 is 6.09 Å². The molecule has 0 radical (unpaired) electrons. The van der Waals surface area contributed by atoms with Crippen molar-refractivity contribution in [1.29, 1.82) is 0 Å². The van der Waals surface area contributed by atoms with E-state index in [1.807, 2.05) is 49.4 Å². The summed E-state index contributed by atoms with van der Waals surface area (Å²) in [5.74, 6) is 0.443. The molecule has 2 aromatic rings. The normalized spacial score (nSPS) is 11.9. The van der Waals surface area contributed by atoms with Gasteiger partial charge < -0.3 is 25.4 Å². The zero-order valence-electron chi connectivity index (χ0n) is 17.5. The molecule has 7 nitrogen and oxygen atoms in total. The lowest BCUT2D eigenvalue weighted by Gasteiger charge is -2.22. The summed E-state index contributed by atoms with van der Waals surface area (Å²) in [6.07, 6.45) is -0.638. The van der Waals surface area contributed by atoms with E-state index >= 15 is 0 Å². The van der Waals surface area contributed by atoms with Gasteiger partial charge in [-0.1, -0.05) is 12.1 Å². The van der Waals surface area contributed by atoms with Crippen molar-refractivity contribution in [2.45, 2.75) is 46.3 Å². The molecular weight excluding hydrogens is 370 g/mol. The Morgan fingerprint density at radius 1 is 1.00 bits per heavy atom. The van der Waals surface area contributed by atoms with Gasteiger partial charge in [0.1, 0.15) is 17.4 Å². The fraction of sp³-hybridized carbons (Fsp3) is 0.364. The van der Waals surface area contributed by atoms with Crippen molar-refractivity contribution < 1.29 is 19.1 Å². The monoisotopic (exact) mass is 399 g/mol. The molecular formula is C22H29N3O4. The maximum absolute atomic E-state index is 12.5. The standard InChI is InChI=1S/C22H29N3O4/c1-6-28-17-13-11-16(12-14-17)24-18-9-7-8-10-19(18)25-20(26)15(2)23-21(27)29-22(3,4)5/h7-15,24H,6H2,1-5H3,(H,23,27)(H,25,26)/t15-/m1/s1. The summed E-state index contributed by atoms with van der Waals surface area (Å²) in [4.78, 5) is 24.4. The molecule has 3 N–H and O–H groups in total. The van der Waals surface area contributed by atoms with Gasteiger partial charge in [0.25, 0.3) is 0 Å². The highest BCUT2D eigenvalue weighted by Gasteiger charge is 2.21. The smallest absolute Gasteiger partial charge is 0.408 e. The molecule has 0 aliphatic rings. The van der Waals surface area contributed by atoms with Crippen molar-refractivity contribution in [3.8, 4) is 5.75 Å². The average Bonchev–Trinajstić information content (AvgIpc) is 2.63. The molecule has 0 aromatic heterocycles. The van der Waals surface area contributed by atoms with Crippen LogP contribution in [0.3, 0.4) is 0 Å². The van der Waals surface area contributed by atoms with Crippen molar-refractivity contribution in [2.75, 3.05) is 17.2 Å². The van der Waals surface area contributed by atoms with Crippen LogP contribution in [-0.4, -0.2) is 30.3 Å². The summed E-state index contributed by atoms with van der Waals surface area (Å²) in [6, 6.07) is 14.1. The number of anilines is 3. The SMILES string of the molecule is CCOc1ccc(Nc2ccccc2NC(=O)[C@@H](C)NC(=O)OC(C)(C)C)cc1. The van der Waals surface area contributed by atoms with Crippen LogP contribution in [0.5, 0.6) is 5.75 Å². The molecule has 0 saturated carbocycles. The van der Waals surface area contributed by atoms with E-state index in [4.69, 9.17) is 9.47 Å². The van der Waals surface area contributed by atoms with Crippen LogP contribution in [0, 0.1) is 0 Å². The largest absolute Gasteiger partial charge is 0.494 e. The van der Waals surface area contributed by atoms with Gasteiger partial charge in [0.15, 0.2) is 0 Å². The highest BCUT2D eigenvalue weighted by atomic mass is 16.6. The highest BCUT2D eigenvalue weighted by Crippen LogP contribution is 2.26. The van der Waals surface area contributed by atoms with E-state index in [9.17, 15) is 9.59 Å². The van der Waals surface area contributed by atoms with Gasteiger partial charge in [0, 0.05) is 5.69 Å². The Labute approximate surface area is 171 Å². The van der Waals surface area contributed by atoms with Crippen LogP contribution in [0.25, 0.3) is 0 Å². The number of carbonyl (C=O) groups excluding carboxylic acids is 2. The highest BCUT2D eigenvalue weighted by molar-refractivity contribution is 5.99.